The van der Waals surface area contributed by atoms with Crippen molar-refractivity contribution in [1.29, 1.82) is 0 Å². The molecule has 0 spiro atoms. The second kappa shape index (κ2) is 11.0. The van der Waals surface area contributed by atoms with Gasteiger partial charge in [0.25, 0.3) is 6.85 Å². The molecule has 1 aliphatic carbocycles. The Morgan fingerprint density at radius 3 is 2.63 bits per heavy atom. The molecule has 0 radical (unpaired) electrons. The molecule has 2 N–H and O–H groups in total. The topological polar surface area (TPSA) is 74.9 Å². The van der Waals surface area contributed by atoms with E-state index in [2.05, 4.69) is 61.2 Å². The molecule has 2 aliphatic rings. The lowest BCUT2D eigenvalue weighted by Crippen LogP contribution is -2.44. The number of hydrogen-bond donors (Lipinski definition) is 2. The largest absolute Gasteiger partial charge is 0.400 e. The number of aromatic nitrogens is 3. The van der Waals surface area contributed by atoms with Crippen molar-refractivity contribution in [2.75, 3.05) is 29.9 Å². The van der Waals surface area contributed by atoms with Crippen LogP contribution in [-0.4, -0.2) is 66.3 Å². The quantitative estimate of drug-likeness (QED) is 0.490. The highest BCUT2D eigenvalue weighted by molar-refractivity contribution is 6.61. The van der Waals surface area contributed by atoms with E-state index in [4.69, 9.17) is 14.8 Å². The Bertz CT molecular complexity index is 1100. The summed E-state index contributed by atoms with van der Waals surface area (Å²) in [6.45, 7) is 5.16. The fraction of sp³-hybridized carbons (Fsp3) is 0.538. The van der Waals surface area contributed by atoms with Gasteiger partial charge in [0.2, 0.25) is 0 Å². The number of fused-ring (bicyclic) bond motifs is 1. The first-order chi connectivity index (χ1) is 17.1. The molecule has 1 saturated carbocycles. The summed E-state index contributed by atoms with van der Waals surface area (Å²) >= 11 is 0. The molecular formula is C26H37B2N5O2. The smallest absolute Gasteiger partial charge is 0.257 e. The van der Waals surface area contributed by atoms with Crippen molar-refractivity contribution < 1.29 is 9.84 Å². The molecule has 0 unspecified atom stereocenters. The highest BCUT2D eigenvalue weighted by Crippen LogP contribution is 2.29. The summed E-state index contributed by atoms with van der Waals surface area (Å²) in [5.74, 6) is 2.56. The van der Waals surface area contributed by atoms with Crippen LogP contribution in [0.5, 0.6) is 0 Å². The predicted octanol–water partition coefficient (Wildman–Crippen LogP) is 2.34. The maximum Gasteiger partial charge on any atom is 0.257 e. The maximum atomic E-state index is 10.1. The molecule has 9 heteroatoms. The third kappa shape index (κ3) is 5.84. The van der Waals surface area contributed by atoms with Gasteiger partial charge in [0, 0.05) is 38.1 Å². The Labute approximate surface area is 209 Å². The van der Waals surface area contributed by atoms with Crippen LogP contribution in [0, 0.1) is 5.92 Å². The SMILES string of the molecule is Bc1cnn2c(N(CC3CCC(O)CC3)B(C)Cc3ccccc3)cc(NC3CCOCC3)nc12. The Kier molecular flexibility index (Phi) is 7.63. The predicted molar refractivity (Wildman–Crippen MR) is 146 cm³/mol. The number of nitrogens with one attached hydrogen (secondary N) is 1. The Hall–Kier alpha value is -2.51. The maximum absolute atomic E-state index is 10.1. The first kappa shape index (κ1) is 24.2. The molecule has 3 heterocycles. The van der Waals surface area contributed by atoms with Gasteiger partial charge in [-0.1, -0.05) is 42.7 Å². The normalized spacial score (nSPS) is 21.2. The van der Waals surface area contributed by atoms with Gasteiger partial charge in [0.15, 0.2) is 5.65 Å². The van der Waals surface area contributed by atoms with Crippen LogP contribution in [0.25, 0.3) is 5.65 Å². The number of ether oxygens (including phenoxy) is 1. The fourth-order valence-electron chi connectivity index (χ4n) is 5.56. The van der Waals surface area contributed by atoms with Crippen LogP contribution in [0.15, 0.2) is 42.6 Å². The third-order valence-corrected chi connectivity index (χ3v) is 7.67. The van der Waals surface area contributed by atoms with E-state index in [0.717, 1.165) is 87.3 Å². The molecule has 3 aromatic rings. The van der Waals surface area contributed by atoms with Crippen molar-refractivity contribution >= 4 is 37.4 Å². The van der Waals surface area contributed by atoms with Gasteiger partial charge >= 0.3 is 0 Å². The zero-order valence-electron chi connectivity index (χ0n) is 21.1. The minimum Gasteiger partial charge on any atom is -0.400 e. The van der Waals surface area contributed by atoms with Gasteiger partial charge < -0.3 is 20.0 Å². The monoisotopic (exact) mass is 473 g/mol. The van der Waals surface area contributed by atoms with Gasteiger partial charge in [-0.15, -0.1) is 0 Å². The van der Waals surface area contributed by atoms with Crippen LogP contribution in [-0.2, 0) is 11.1 Å². The van der Waals surface area contributed by atoms with E-state index in [0.29, 0.717) is 12.0 Å². The Balaban J connectivity index is 1.49. The molecular weight excluding hydrogens is 436 g/mol. The molecule has 1 aromatic carbocycles. The van der Waals surface area contributed by atoms with Gasteiger partial charge in [0.1, 0.15) is 19.5 Å². The highest BCUT2D eigenvalue weighted by atomic mass is 16.5. The lowest BCUT2D eigenvalue weighted by molar-refractivity contribution is 0.0904. The molecule has 5 rings (SSSR count). The molecule has 35 heavy (non-hydrogen) atoms. The number of anilines is 2. The van der Waals surface area contributed by atoms with Crippen LogP contribution in [0.3, 0.4) is 0 Å². The zero-order chi connectivity index (χ0) is 24.2. The van der Waals surface area contributed by atoms with Crippen LogP contribution in [0.4, 0.5) is 11.6 Å². The van der Waals surface area contributed by atoms with Gasteiger partial charge in [-0.2, -0.15) is 5.10 Å². The minimum absolute atomic E-state index is 0.141. The molecule has 7 nitrogen and oxygen atoms in total. The van der Waals surface area contributed by atoms with E-state index in [1.165, 1.54) is 5.56 Å². The highest BCUT2D eigenvalue weighted by Gasteiger charge is 2.28. The minimum atomic E-state index is -0.141. The van der Waals surface area contributed by atoms with Gasteiger partial charge in [0.05, 0.1) is 6.10 Å². The molecule has 1 saturated heterocycles. The molecule has 0 atom stereocenters. The molecule has 2 aromatic heterocycles. The van der Waals surface area contributed by atoms with E-state index in [1.807, 2.05) is 10.7 Å². The standard InChI is InChI=1S/C26H37B2N5O2/c1-28(16-19-5-3-2-4-6-19)32(18-20-7-9-22(34)10-8-20)25-15-24(30-21-11-13-35-14-12-21)31-26-23(27)17-29-33(25)26/h2-6,15,17,20-22,34H,7-14,16,18,27H2,1H3,(H,30,31). The van der Waals surface area contributed by atoms with Gasteiger partial charge in [-0.25, -0.2) is 9.50 Å². The summed E-state index contributed by atoms with van der Waals surface area (Å²) < 4.78 is 7.57. The van der Waals surface area contributed by atoms with Crippen LogP contribution < -0.4 is 15.6 Å². The van der Waals surface area contributed by atoms with Gasteiger partial charge in [-0.05, 0) is 56.2 Å². The van der Waals surface area contributed by atoms with Crippen molar-refractivity contribution in [2.45, 2.75) is 63.8 Å². The molecule has 2 fully saturated rings. The fourth-order valence-corrected chi connectivity index (χ4v) is 5.56. The molecule has 1 aliphatic heterocycles. The summed E-state index contributed by atoms with van der Waals surface area (Å²) in [7, 11) is 2.08. The number of aliphatic hydroxyl groups excluding tert-OH is 1. The van der Waals surface area contributed by atoms with Crippen molar-refractivity contribution in [1.82, 2.24) is 14.6 Å². The van der Waals surface area contributed by atoms with Gasteiger partial charge in [-0.3, -0.25) is 0 Å². The van der Waals surface area contributed by atoms with Crippen molar-refractivity contribution in [2.24, 2.45) is 5.92 Å². The van der Waals surface area contributed by atoms with E-state index in [1.54, 1.807) is 0 Å². The number of aliphatic hydroxyl groups is 1. The average Bonchev–Trinajstić information content (AvgIpc) is 3.25. The summed E-state index contributed by atoms with van der Waals surface area (Å²) in [6, 6.07) is 13.3. The average molecular weight is 473 g/mol. The van der Waals surface area contributed by atoms with Crippen molar-refractivity contribution in [3.05, 3.63) is 48.2 Å². The summed E-state index contributed by atoms with van der Waals surface area (Å²) in [4.78, 5) is 7.49. The molecule has 0 bridgehead atoms. The molecule has 184 valence electrons. The second-order valence-electron chi connectivity index (χ2n) is 10.5. The van der Waals surface area contributed by atoms with Crippen LogP contribution >= 0.6 is 0 Å². The van der Waals surface area contributed by atoms with Crippen LogP contribution in [0.2, 0.25) is 6.82 Å². The third-order valence-electron chi connectivity index (χ3n) is 7.67. The first-order valence-electron chi connectivity index (χ1n) is 13.2. The van der Waals surface area contributed by atoms with E-state index >= 15 is 0 Å². The first-order valence-corrected chi connectivity index (χ1v) is 13.2. The zero-order valence-corrected chi connectivity index (χ0v) is 21.1. The van der Waals surface area contributed by atoms with E-state index in [-0.39, 0.29) is 13.0 Å². The lowest BCUT2D eigenvalue weighted by atomic mass is 9.57. The number of benzene rings is 1. The summed E-state index contributed by atoms with van der Waals surface area (Å²) in [5.41, 5.74) is 3.33. The Morgan fingerprint density at radius 1 is 1.14 bits per heavy atom. The number of nitrogens with zero attached hydrogens (tertiary/aromatic N) is 4. The lowest BCUT2D eigenvalue weighted by Gasteiger charge is -2.36. The van der Waals surface area contributed by atoms with E-state index in [9.17, 15) is 5.11 Å². The Morgan fingerprint density at radius 2 is 1.89 bits per heavy atom. The number of rotatable bonds is 8. The van der Waals surface area contributed by atoms with Crippen molar-refractivity contribution in [3.8, 4) is 0 Å². The van der Waals surface area contributed by atoms with Crippen LogP contribution in [0.1, 0.15) is 44.1 Å². The summed E-state index contributed by atoms with van der Waals surface area (Å²) in [6.07, 6.45) is 8.66. The number of hydrogen-bond acceptors (Lipinski definition) is 6. The summed E-state index contributed by atoms with van der Waals surface area (Å²) in [5, 5.41) is 18.5. The van der Waals surface area contributed by atoms with E-state index < -0.39 is 0 Å². The second-order valence-corrected chi connectivity index (χ2v) is 10.5. The van der Waals surface area contributed by atoms with Crippen molar-refractivity contribution in [3.63, 3.8) is 0 Å². The molecule has 0 amide bonds.